The third-order valence-electron chi connectivity index (χ3n) is 2.52. The van der Waals surface area contributed by atoms with E-state index in [1.165, 1.54) is 6.07 Å². The number of nitrogens with one attached hydrogen (secondary N) is 2. The monoisotopic (exact) mass is 301 g/mol. The predicted octanol–water partition coefficient (Wildman–Crippen LogP) is 1.46. The van der Waals surface area contributed by atoms with Crippen LogP contribution in [0.1, 0.15) is 11.4 Å². The minimum atomic E-state index is -3.78. The zero-order chi connectivity index (χ0) is 14.2. The second kappa shape index (κ2) is 4.71. The van der Waals surface area contributed by atoms with E-state index in [-0.39, 0.29) is 15.7 Å². The molecular weight excluding hydrogens is 290 g/mol. The number of pyridine rings is 1. The molecule has 0 amide bonds. The SMILES string of the molecule is Cc1n[nH]c(C)c1NS(=O)(=O)c1cnc(N)c(Cl)c1. The third kappa shape index (κ3) is 2.64. The summed E-state index contributed by atoms with van der Waals surface area (Å²) < 4.78 is 26.8. The van der Waals surface area contributed by atoms with Crippen LogP contribution in [0.2, 0.25) is 5.02 Å². The van der Waals surface area contributed by atoms with Crippen molar-refractivity contribution in [2.24, 2.45) is 0 Å². The summed E-state index contributed by atoms with van der Waals surface area (Å²) in [5.74, 6) is 0.0799. The Balaban J connectivity index is 2.41. The lowest BCUT2D eigenvalue weighted by molar-refractivity contribution is 0.601. The predicted molar refractivity (Wildman–Crippen MR) is 72.5 cm³/mol. The van der Waals surface area contributed by atoms with Gasteiger partial charge in [-0.3, -0.25) is 9.82 Å². The zero-order valence-corrected chi connectivity index (χ0v) is 11.8. The van der Waals surface area contributed by atoms with Gasteiger partial charge in [-0.2, -0.15) is 5.10 Å². The molecule has 0 radical (unpaired) electrons. The average molecular weight is 302 g/mol. The number of rotatable bonds is 3. The van der Waals surface area contributed by atoms with Crippen molar-refractivity contribution in [2.45, 2.75) is 18.7 Å². The number of H-pyrrole nitrogens is 1. The van der Waals surface area contributed by atoms with Crippen LogP contribution >= 0.6 is 11.6 Å². The molecule has 0 unspecified atom stereocenters. The number of hydrogen-bond acceptors (Lipinski definition) is 5. The number of nitrogens with zero attached hydrogens (tertiary/aromatic N) is 2. The Hall–Kier alpha value is -1.80. The Morgan fingerprint density at radius 1 is 1.42 bits per heavy atom. The molecule has 2 rings (SSSR count). The molecule has 2 aromatic rings. The van der Waals surface area contributed by atoms with E-state index in [2.05, 4.69) is 19.9 Å². The second-order valence-corrected chi connectivity index (χ2v) is 6.04. The fraction of sp³-hybridized carbons (Fsp3) is 0.200. The van der Waals surface area contributed by atoms with Crippen LogP contribution in [0, 0.1) is 13.8 Å². The van der Waals surface area contributed by atoms with Gasteiger partial charge < -0.3 is 5.73 Å². The van der Waals surface area contributed by atoms with Crippen molar-refractivity contribution >= 4 is 33.1 Å². The molecule has 0 aliphatic carbocycles. The average Bonchev–Trinajstić information content (AvgIpc) is 2.64. The third-order valence-corrected chi connectivity index (χ3v) is 4.14. The van der Waals surface area contributed by atoms with Crippen LogP contribution in [0.5, 0.6) is 0 Å². The van der Waals surface area contributed by atoms with E-state index in [1.807, 2.05) is 0 Å². The molecule has 0 aliphatic heterocycles. The van der Waals surface area contributed by atoms with Crippen LogP contribution in [0.4, 0.5) is 11.5 Å². The maximum Gasteiger partial charge on any atom is 0.263 e. The lowest BCUT2D eigenvalue weighted by Gasteiger charge is -2.08. The van der Waals surface area contributed by atoms with Gasteiger partial charge in [0.15, 0.2) is 0 Å². The number of aromatic amines is 1. The molecule has 0 aliphatic rings. The molecule has 4 N–H and O–H groups in total. The summed E-state index contributed by atoms with van der Waals surface area (Å²) in [5.41, 5.74) is 7.03. The largest absolute Gasteiger partial charge is 0.382 e. The number of sulfonamides is 1. The fourth-order valence-electron chi connectivity index (χ4n) is 1.47. The van der Waals surface area contributed by atoms with Crippen molar-refractivity contribution in [1.82, 2.24) is 15.2 Å². The second-order valence-electron chi connectivity index (χ2n) is 3.95. The highest BCUT2D eigenvalue weighted by atomic mass is 35.5. The van der Waals surface area contributed by atoms with Crippen LogP contribution in [-0.4, -0.2) is 23.6 Å². The zero-order valence-electron chi connectivity index (χ0n) is 10.2. The lowest BCUT2D eigenvalue weighted by atomic mass is 10.3. The van der Waals surface area contributed by atoms with Gasteiger partial charge in [-0.05, 0) is 19.9 Å². The fourth-order valence-corrected chi connectivity index (χ4v) is 2.86. The number of halogens is 1. The summed E-state index contributed by atoms with van der Waals surface area (Å²) in [5, 5.41) is 6.69. The lowest BCUT2D eigenvalue weighted by Crippen LogP contribution is -2.14. The van der Waals surface area contributed by atoms with Gasteiger partial charge in [-0.25, -0.2) is 13.4 Å². The number of nitrogen functional groups attached to an aromatic ring is 1. The molecule has 0 saturated carbocycles. The smallest absolute Gasteiger partial charge is 0.263 e. The molecule has 0 fully saturated rings. The van der Waals surface area contributed by atoms with Crippen molar-refractivity contribution in [3.8, 4) is 0 Å². The summed E-state index contributed by atoms with van der Waals surface area (Å²) in [7, 11) is -3.78. The Kier molecular flexibility index (Phi) is 3.38. The Bertz CT molecular complexity index is 706. The Morgan fingerprint density at radius 3 is 2.63 bits per heavy atom. The van der Waals surface area contributed by atoms with Gasteiger partial charge in [0.2, 0.25) is 0 Å². The van der Waals surface area contributed by atoms with Gasteiger partial charge >= 0.3 is 0 Å². The van der Waals surface area contributed by atoms with E-state index in [4.69, 9.17) is 17.3 Å². The van der Waals surface area contributed by atoms with E-state index in [0.717, 1.165) is 6.20 Å². The van der Waals surface area contributed by atoms with Crippen LogP contribution < -0.4 is 10.5 Å². The summed E-state index contributed by atoms with van der Waals surface area (Å²) in [6.45, 7) is 3.40. The van der Waals surface area contributed by atoms with Gasteiger partial charge in [0.25, 0.3) is 10.0 Å². The molecule has 102 valence electrons. The van der Waals surface area contributed by atoms with Crippen molar-refractivity contribution in [3.05, 3.63) is 28.7 Å². The Morgan fingerprint density at radius 2 is 2.11 bits per heavy atom. The summed E-state index contributed by atoms with van der Waals surface area (Å²) in [6.07, 6.45) is 1.15. The highest BCUT2D eigenvalue weighted by Gasteiger charge is 2.19. The van der Waals surface area contributed by atoms with Crippen LogP contribution in [0.3, 0.4) is 0 Å². The molecule has 0 spiro atoms. The highest BCUT2D eigenvalue weighted by Crippen LogP contribution is 2.24. The van der Waals surface area contributed by atoms with E-state index >= 15 is 0 Å². The van der Waals surface area contributed by atoms with Crippen molar-refractivity contribution in [3.63, 3.8) is 0 Å². The first kappa shape index (κ1) is 13.6. The van der Waals surface area contributed by atoms with E-state index < -0.39 is 10.0 Å². The summed E-state index contributed by atoms with van der Waals surface area (Å²) >= 11 is 5.77. The van der Waals surface area contributed by atoms with Gasteiger partial charge in [0, 0.05) is 6.20 Å². The number of aromatic nitrogens is 3. The first-order valence-electron chi connectivity index (χ1n) is 5.26. The topological polar surface area (TPSA) is 114 Å². The molecule has 7 nitrogen and oxygen atoms in total. The molecule has 2 aromatic heterocycles. The molecule has 0 aromatic carbocycles. The standard InChI is InChI=1S/C10H12ClN5O2S/c1-5-9(6(2)15-14-5)16-19(17,18)7-3-8(11)10(12)13-4-7/h3-4,16H,1-2H3,(H2,12,13)(H,14,15). The number of hydrogen-bond donors (Lipinski definition) is 3. The van der Waals surface area contributed by atoms with E-state index in [9.17, 15) is 8.42 Å². The first-order chi connectivity index (χ1) is 8.81. The first-order valence-corrected chi connectivity index (χ1v) is 7.13. The quantitative estimate of drug-likeness (QED) is 0.794. The number of nitrogens with two attached hydrogens (primary N) is 1. The van der Waals surface area contributed by atoms with Crippen LogP contribution in [0.25, 0.3) is 0 Å². The maximum absolute atomic E-state index is 12.2. The van der Waals surface area contributed by atoms with Crippen LogP contribution in [-0.2, 0) is 10.0 Å². The molecule has 9 heteroatoms. The van der Waals surface area contributed by atoms with E-state index in [1.54, 1.807) is 13.8 Å². The summed E-state index contributed by atoms with van der Waals surface area (Å²) in [4.78, 5) is 3.66. The van der Waals surface area contributed by atoms with Gasteiger partial charge in [0.1, 0.15) is 10.7 Å². The molecule has 2 heterocycles. The number of aryl methyl sites for hydroxylation is 2. The molecule has 0 bridgehead atoms. The van der Waals surface area contributed by atoms with Crippen molar-refractivity contribution < 1.29 is 8.42 Å². The minimum absolute atomic E-state index is 0.0632. The Labute approximate surface area is 115 Å². The molecular formula is C10H12ClN5O2S. The molecule has 0 saturated heterocycles. The van der Waals surface area contributed by atoms with Gasteiger partial charge in [0.05, 0.1) is 22.1 Å². The summed E-state index contributed by atoms with van der Waals surface area (Å²) in [6, 6.07) is 1.25. The van der Waals surface area contributed by atoms with Gasteiger partial charge in [-0.1, -0.05) is 11.6 Å². The van der Waals surface area contributed by atoms with Crippen LogP contribution in [0.15, 0.2) is 17.2 Å². The van der Waals surface area contributed by atoms with E-state index in [0.29, 0.717) is 17.1 Å². The van der Waals surface area contributed by atoms with Crippen molar-refractivity contribution in [1.29, 1.82) is 0 Å². The maximum atomic E-state index is 12.2. The normalized spacial score (nSPS) is 11.5. The minimum Gasteiger partial charge on any atom is -0.382 e. The molecule has 19 heavy (non-hydrogen) atoms. The van der Waals surface area contributed by atoms with Gasteiger partial charge in [-0.15, -0.1) is 0 Å². The highest BCUT2D eigenvalue weighted by molar-refractivity contribution is 7.92. The van der Waals surface area contributed by atoms with Crippen molar-refractivity contribution in [2.75, 3.05) is 10.5 Å². The molecule has 0 atom stereocenters. The number of anilines is 2.